The molecule has 618 valence electrons. The van der Waals surface area contributed by atoms with E-state index in [1.54, 1.807) is 0 Å². The van der Waals surface area contributed by atoms with E-state index in [1.807, 2.05) is 35.6 Å². The molecule has 0 aliphatic carbocycles. The SMILES string of the molecule is c1ccc(-c2ccc(N(c3ccc4c(ccc5c6ccccc6ccc45)c3)c3ccc4c(c3)oc3ccccc34)cc2)cc1.c1ccc(-c2ccc(N(c3ccc4c(ccc5c6ccccc6ccc45)c3)c3ccc4oc5ccccc5c4c3)cc2)cc1.c1ccc(-c2cccc(Nc3cc4ccc5c6ccccc6ccc5c4cc3-c3cccc4sc5ccccc5c34)c2)cc1. The fourth-order valence-corrected chi connectivity index (χ4v) is 21.3. The average Bonchev–Trinajstić information content (AvgIpc) is 1.33. The summed E-state index contributed by atoms with van der Waals surface area (Å²) in [5.74, 6) is 0. The molecule has 24 aromatic carbocycles. The summed E-state index contributed by atoms with van der Waals surface area (Å²) in [6.45, 7) is 0. The molecule has 27 aromatic rings. The first-order valence-corrected chi connectivity index (χ1v) is 45.9. The van der Waals surface area contributed by atoms with Crippen LogP contribution in [0, 0.1) is 0 Å². The Bertz CT molecular complexity index is 9190. The van der Waals surface area contributed by atoms with Crippen LogP contribution in [0.5, 0.6) is 0 Å². The average molecular weight is 1700 g/mol. The van der Waals surface area contributed by atoms with Crippen LogP contribution < -0.4 is 15.1 Å². The minimum atomic E-state index is 0.883. The monoisotopic (exact) mass is 1700 g/mol. The van der Waals surface area contributed by atoms with Crippen molar-refractivity contribution in [2.75, 3.05) is 15.1 Å². The zero-order valence-corrected chi connectivity index (χ0v) is 72.6. The fraction of sp³-hybridized carbons (Fsp3) is 0. The standard InChI is InChI=1S/2C42H27NO.C42H27NS/c1-2-8-28(9-3-1)29-14-18-32(19-15-29)43(34-21-25-42-40(27-34)39-12-6-7-13-41(39)44-42)33-20-24-36-31(26-33)17-23-37-35-11-5-4-10-30(35)16-22-38(36)37;1-2-8-28(9-3-1)29-14-18-32(19-15-29)43(34-21-25-40-39-12-6-7-13-41(39)44-42(40)27-34)33-20-24-36-31(26-33)17-23-37-35-11-5-4-10-30(35)16-22-38(36)37;1-2-10-27(11-3-1)29-13-8-14-31(24-29)43-39-25-30-21-23-33-32-15-5-4-12-28(32)20-22-34(33)37(30)26-38(39)35-17-9-19-41-42(35)36-16-6-7-18-40(36)44-41/h2*1-27H;1-26,43H. The van der Waals surface area contributed by atoms with Gasteiger partial charge in [-0.25, -0.2) is 0 Å². The summed E-state index contributed by atoms with van der Waals surface area (Å²) < 4.78 is 15.1. The first-order chi connectivity index (χ1) is 65.4. The number of benzene rings is 24. The lowest BCUT2D eigenvalue weighted by molar-refractivity contribution is 0.668. The van der Waals surface area contributed by atoms with Gasteiger partial charge in [-0.3, -0.25) is 0 Å². The number of anilines is 8. The number of fused-ring (bicyclic) bond motifs is 24. The fourth-order valence-electron chi connectivity index (χ4n) is 20.1. The van der Waals surface area contributed by atoms with Crippen LogP contribution in [0.15, 0.2) is 494 Å². The van der Waals surface area contributed by atoms with Crippen LogP contribution in [-0.4, -0.2) is 0 Å². The van der Waals surface area contributed by atoms with Gasteiger partial charge in [0, 0.05) is 98.8 Å². The number of nitrogens with one attached hydrogen (secondary N) is 1. The molecule has 132 heavy (non-hydrogen) atoms. The molecule has 27 rings (SSSR count). The Kier molecular flexibility index (Phi) is 19.1. The molecule has 0 unspecified atom stereocenters. The second-order valence-electron chi connectivity index (χ2n) is 34.2. The molecule has 3 heterocycles. The van der Waals surface area contributed by atoms with Gasteiger partial charge in [-0.1, -0.05) is 352 Å². The third kappa shape index (κ3) is 13.9. The second kappa shape index (κ2) is 32.6. The van der Waals surface area contributed by atoms with E-state index in [0.29, 0.717) is 0 Å². The molecule has 0 bridgehead atoms. The van der Waals surface area contributed by atoms with E-state index in [4.69, 9.17) is 8.83 Å². The van der Waals surface area contributed by atoms with E-state index in [9.17, 15) is 0 Å². The van der Waals surface area contributed by atoms with Gasteiger partial charge in [-0.15, -0.1) is 11.3 Å². The summed E-state index contributed by atoms with van der Waals surface area (Å²) in [4.78, 5) is 4.67. The lowest BCUT2D eigenvalue weighted by atomic mass is 9.92. The van der Waals surface area contributed by atoms with E-state index in [2.05, 4.69) is 476 Å². The smallest absolute Gasteiger partial charge is 0.137 e. The van der Waals surface area contributed by atoms with Gasteiger partial charge in [0.05, 0.1) is 0 Å². The molecular formula is C126H81N3O2S. The summed E-state index contributed by atoms with van der Waals surface area (Å²) in [5.41, 5.74) is 22.0. The van der Waals surface area contributed by atoms with Crippen molar-refractivity contribution in [2.45, 2.75) is 0 Å². The topological polar surface area (TPSA) is 44.8 Å². The third-order valence-corrected chi connectivity index (χ3v) is 27.6. The quantitative estimate of drug-likeness (QED) is 0.124. The van der Waals surface area contributed by atoms with E-state index in [1.165, 1.54) is 162 Å². The van der Waals surface area contributed by atoms with Crippen molar-refractivity contribution in [1.82, 2.24) is 0 Å². The first kappa shape index (κ1) is 77.2. The molecule has 0 saturated carbocycles. The Morgan fingerprint density at radius 2 is 0.523 bits per heavy atom. The lowest BCUT2D eigenvalue weighted by Crippen LogP contribution is -2.09. The first-order valence-electron chi connectivity index (χ1n) is 45.0. The highest BCUT2D eigenvalue weighted by Crippen LogP contribution is 2.49. The minimum Gasteiger partial charge on any atom is -0.456 e. The van der Waals surface area contributed by atoms with E-state index >= 15 is 0 Å². The summed E-state index contributed by atoms with van der Waals surface area (Å²) in [6, 6.07) is 175. The summed E-state index contributed by atoms with van der Waals surface area (Å²) >= 11 is 1.87. The molecule has 0 atom stereocenters. The number of para-hydroxylation sites is 2. The van der Waals surface area contributed by atoms with Gasteiger partial charge in [0.15, 0.2) is 0 Å². The Morgan fingerprint density at radius 1 is 0.174 bits per heavy atom. The van der Waals surface area contributed by atoms with Crippen molar-refractivity contribution in [2.24, 2.45) is 0 Å². The van der Waals surface area contributed by atoms with Gasteiger partial charge in [-0.05, 0) is 263 Å². The maximum atomic E-state index is 6.32. The lowest BCUT2D eigenvalue weighted by Gasteiger charge is -2.26. The number of hydrogen-bond donors (Lipinski definition) is 1. The summed E-state index contributed by atoms with van der Waals surface area (Å²) in [6.07, 6.45) is 0. The number of nitrogens with zero attached hydrogens (tertiary/aromatic N) is 2. The molecule has 0 aliphatic heterocycles. The molecule has 5 nitrogen and oxygen atoms in total. The van der Waals surface area contributed by atoms with Crippen LogP contribution in [0.1, 0.15) is 0 Å². The van der Waals surface area contributed by atoms with Gasteiger partial charge >= 0.3 is 0 Å². The highest BCUT2D eigenvalue weighted by Gasteiger charge is 2.23. The second-order valence-corrected chi connectivity index (χ2v) is 35.3. The Hall–Kier alpha value is -17.2. The molecular weight excluding hydrogens is 1620 g/mol. The summed E-state index contributed by atoms with van der Waals surface area (Å²) in [7, 11) is 0. The Balaban J connectivity index is 0.000000106. The van der Waals surface area contributed by atoms with Gasteiger partial charge in [0.1, 0.15) is 22.3 Å². The number of rotatable bonds is 12. The number of thiophene rings is 1. The largest absolute Gasteiger partial charge is 0.456 e. The third-order valence-electron chi connectivity index (χ3n) is 26.5. The van der Waals surface area contributed by atoms with Crippen molar-refractivity contribution in [3.05, 3.63) is 485 Å². The maximum Gasteiger partial charge on any atom is 0.137 e. The normalized spacial score (nSPS) is 11.6. The molecule has 0 amide bonds. The molecule has 0 saturated heterocycles. The molecule has 3 aromatic heterocycles. The van der Waals surface area contributed by atoms with Crippen molar-refractivity contribution < 1.29 is 8.83 Å². The highest BCUT2D eigenvalue weighted by molar-refractivity contribution is 7.26. The molecule has 6 heteroatoms. The highest BCUT2D eigenvalue weighted by atomic mass is 32.1. The van der Waals surface area contributed by atoms with Crippen LogP contribution in [0.4, 0.5) is 45.5 Å². The van der Waals surface area contributed by atoms with Gasteiger partial charge < -0.3 is 24.0 Å². The van der Waals surface area contributed by atoms with E-state index < -0.39 is 0 Å². The predicted molar refractivity (Wildman–Crippen MR) is 565 cm³/mol. The molecule has 0 aliphatic rings. The van der Waals surface area contributed by atoms with Crippen molar-refractivity contribution in [3.63, 3.8) is 0 Å². The van der Waals surface area contributed by atoms with Gasteiger partial charge in [-0.2, -0.15) is 0 Å². The zero-order chi connectivity index (χ0) is 87.1. The van der Waals surface area contributed by atoms with E-state index in [-0.39, 0.29) is 0 Å². The zero-order valence-electron chi connectivity index (χ0n) is 71.8. The molecule has 0 spiro atoms. The minimum absolute atomic E-state index is 0.883. The van der Waals surface area contributed by atoms with Crippen LogP contribution >= 0.6 is 11.3 Å². The van der Waals surface area contributed by atoms with Gasteiger partial charge in [0.25, 0.3) is 0 Å². The van der Waals surface area contributed by atoms with Crippen molar-refractivity contribution >= 4 is 218 Å². The van der Waals surface area contributed by atoms with Crippen molar-refractivity contribution in [1.29, 1.82) is 0 Å². The van der Waals surface area contributed by atoms with Gasteiger partial charge in [0.2, 0.25) is 0 Å². The van der Waals surface area contributed by atoms with Crippen LogP contribution in [0.2, 0.25) is 0 Å². The van der Waals surface area contributed by atoms with Crippen LogP contribution in [0.3, 0.4) is 0 Å². The molecule has 1 N–H and O–H groups in total. The van der Waals surface area contributed by atoms with E-state index in [0.717, 1.165) is 89.4 Å². The molecule has 0 fully saturated rings. The summed E-state index contributed by atoms with van der Waals surface area (Å²) in [5, 5.41) is 33.8. The number of hydrogen-bond acceptors (Lipinski definition) is 6. The van der Waals surface area contributed by atoms with Crippen molar-refractivity contribution in [3.8, 4) is 44.5 Å². The molecule has 0 radical (unpaired) electrons. The number of furan rings is 2. The Morgan fingerprint density at radius 3 is 1.06 bits per heavy atom. The maximum absolute atomic E-state index is 6.32. The Labute approximate surface area is 766 Å². The van der Waals surface area contributed by atoms with Crippen LogP contribution in [-0.2, 0) is 0 Å². The predicted octanol–water partition coefficient (Wildman–Crippen LogP) is 37.0. The van der Waals surface area contributed by atoms with Crippen LogP contribution in [0.25, 0.3) is 206 Å².